The number of aromatic nitrogens is 2. The number of hydrogen-bond acceptors (Lipinski definition) is 5. The van der Waals surface area contributed by atoms with Crippen LogP contribution in [-0.4, -0.2) is 50.9 Å². The molecule has 0 bridgehead atoms. The number of carboxylic acids is 1. The number of aliphatic carboxylic acids is 1. The van der Waals surface area contributed by atoms with Gasteiger partial charge in [0.05, 0.1) is 23.0 Å². The first kappa shape index (κ1) is 21.2. The second-order valence-electron chi connectivity index (χ2n) is 6.17. The molecule has 1 fully saturated rings. The van der Waals surface area contributed by atoms with Gasteiger partial charge < -0.3 is 19.9 Å². The molecule has 1 amide bonds. The van der Waals surface area contributed by atoms with Gasteiger partial charge in [0.2, 0.25) is 0 Å². The molecule has 1 saturated heterocycles. The molecule has 2 aromatic rings. The second kappa shape index (κ2) is 8.72. The zero-order chi connectivity index (χ0) is 18.1. The van der Waals surface area contributed by atoms with Gasteiger partial charge in [-0.1, -0.05) is 6.07 Å². The Labute approximate surface area is 192 Å². The van der Waals surface area contributed by atoms with Crippen LogP contribution in [0.1, 0.15) is 22.5 Å². The number of rotatable bonds is 3. The Hall–Kier alpha value is -1.10. The molecule has 2 unspecified atom stereocenters. The average molecular weight is 385 g/mol. The Balaban J connectivity index is 0.00000243. The standard InChI is InChI=1S/C17H18FN3O4.K/c1-10-15(9-21(19-10)13-4-2-3-12(18)6-13)16(23)20-7-11(17(24)25)5-14(22)8-20;/h2-4,6,9,11,14,22H,5,7-8H2,1H3,(H,24,25);/q;+1/p-1. The van der Waals surface area contributed by atoms with E-state index < -0.39 is 29.7 Å². The number of carbonyl (C=O) groups excluding carboxylic acids is 2. The van der Waals surface area contributed by atoms with Crippen LogP contribution in [0.25, 0.3) is 5.69 Å². The second-order valence-corrected chi connectivity index (χ2v) is 6.17. The van der Waals surface area contributed by atoms with Crippen LogP contribution in [-0.2, 0) is 4.79 Å². The number of halogens is 1. The van der Waals surface area contributed by atoms with Crippen molar-refractivity contribution in [3.8, 4) is 5.69 Å². The number of amides is 1. The molecule has 0 aliphatic carbocycles. The molecular weight excluding hydrogens is 368 g/mol. The third-order valence-corrected chi connectivity index (χ3v) is 4.25. The van der Waals surface area contributed by atoms with Gasteiger partial charge in [0.1, 0.15) is 5.82 Å². The maximum atomic E-state index is 13.4. The van der Waals surface area contributed by atoms with Gasteiger partial charge in [-0.15, -0.1) is 0 Å². The summed E-state index contributed by atoms with van der Waals surface area (Å²) >= 11 is 0. The molecule has 3 rings (SSSR count). The molecule has 9 heteroatoms. The van der Waals surface area contributed by atoms with Crippen LogP contribution in [0.2, 0.25) is 0 Å². The van der Waals surface area contributed by atoms with E-state index in [1.165, 1.54) is 34.0 Å². The molecule has 1 N–H and O–H groups in total. The van der Waals surface area contributed by atoms with Crippen molar-refractivity contribution in [2.24, 2.45) is 5.92 Å². The van der Waals surface area contributed by atoms with Crippen LogP contribution in [0.4, 0.5) is 4.39 Å². The van der Waals surface area contributed by atoms with Crippen molar-refractivity contribution >= 4 is 11.9 Å². The summed E-state index contributed by atoms with van der Waals surface area (Å²) in [5, 5.41) is 25.1. The average Bonchev–Trinajstić information content (AvgIpc) is 2.95. The van der Waals surface area contributed by atoms with Gasteiger partial charge in [-0.3, -0.25) is 4.79 Å². The van der Waals surface area contributed by atoms with Crippen molar-refractivity contribution < 1.29 is 75.6 Å². The zero-order valence-corrected chi connectivity index (χ0v) is 17.7. The number of aliphatic hydroxyl groups excluding tert-OH is 1. The molecule has 2 heterocycles. The summed E-state index contributed by atoms with van der Waals surface area (Å²) in [7, 11) is 0. The fourth-order valence-electron chi connectivity index (χ4n) is 3.00. The minimum atomic E-state index is -1.29. The first-order chi connectivity index (χ1) is 11.8. The number of carboxylic acid groups (broad SMARTS) is 1. The molecule has 0 spiro atoms. The number of likely N-dealkylation sites (tertiary alicyclic amines) is 1. The fraction of sp³-hybridized carbons (Fsp3) is 0.353. The van der Waals surface area contributed by atoms with Crippen LogP contribution in [0.15, 0.2) is 30.5 Å². The van der Waals surface area contributed by atoms with Crippen molar-refractivity contribution in [2.75, 3.05) is 13.1 Å². The third kappa shape index (κ3) is 4.59. The monoisotopic (exact) mass is 385 g/mol. The smallest absolute Gasteiger partial charge is 0.550 e. The summed E-state index contributed by atoms with van der Waals surface area (Å²) in [6.07, 6.45) is 0.619. The van der Waals surface area contributed by atoms with E-state index in [9.17, 15) is 24.2 Å². The molecule has 0 saturated carbocycles. The Morgan fingerprint density at radius 3 is 2.73 bits per heavy atom. The fourth-order valence-corrected chi connectivity index (χ4v) is 3.00. The van der Waals surface area contributed by atoms with Gasteiger partial charge in [0, 0.05) is 31.2 Å². The Bertz CT molecular complexity index is 826. The van der Waals surface area contributed by atoms with Crippen molar-refractivity contribution in [1.29, 1.82) is 0 Å². The number of benzene rings is 1. The Morgan fingerprint density at radius 2 is 2.08 bits per heavy atom. The summed E-state index contributed by atoms with van der Waals surface area (Å²) < 4.78 is 14.8. The van der Waals surface area contributed by atoms with E-state index in [0.29, 0.717) is 11.4 Å². The predicted octanol–water partition coefficient (Wildman–Crippen LogP) is -3.10. The van der Waals surface area contributed by atoms with Crippen molar-refractivity contribution in [3.05, 3.63) is 47.5 Å². The Kier molecular flexibility index (Phi) is 7.11. The number of piperidine rings is 1. The number of carbonyl (C=O) groups is 2. The molecule has 0 radical (unpaired) electrons. The first-order valence-corrected chi connectivity index (χ1v) is 7.85. The minimum Gasteiger partial charge on any atom is -0.550 e. The molecule has 1 aromatic heterocycles. The summed E-state index contributed by atoms with van der Waals surface area (Å²) in [5.41, 5.74) is 1.17. The quantitative estimate of drug-likeness (QED) is 0.565. The Morgan fingerprint density at radius 1 is 1.35 bits per heavy atom. The van der Waals surface area contributed by atoms with E-state index >= 15 is 0 Å². The zero-order valence-electron chi connectivity index (χ0n) is 14.6. The maximum Gasteiger partial charge on any atom is 1.00 e. The molecule has 26 heavy (non-hydrogen) atoms. The summed E-state index contributed by atoms with van der Waals surface area (Å²) in [6.45, 7) is 1.66. The van der Waals surface area contributed by atoms with Gasteiger partial charge in [-0.25, -0.2) is 9.07 Å². The van der Waals surface area contributed by atoms with E-state index in [1.54, 1.807) is 13.0 Å². The molecule has 7 nitrogen and oxygen atoms in total. The number of β-amino-alcohol motifs (C(OH)–C–C–N with tert-alkyl or cyclic N) is 1. The van der Waals surface area contributed by atoms with Gasteiger partial charge in [-0.2, -0.15) is 5.10 Å². The molecule has 132 valence electrons. The SMILES string of the molecule is Cc1nn(-c2cccc(F)c2)cc1C(=O)N1CC(O)CC(C(=O)[O-])C1.[K+]. The molecule has 2 atom stereocenters. The number of nitrogens with zero attached hydrogens (tertiary/aromatic N) is 3. The number of aryl methyl sites for hydroxylation is 1. The molecule has 1 aromatic carbocycles. The van der Waals surface area contributed by atoms with E-state index in [4.69, 9.17) is 0 Å². The molecular formula is C17H17FKN3O4. The van der Waals surface area contributed by atoms with Crippen LogP contribution in [0.3, 0.4) is 0 Å². The van der Waals surface area contributed by atoms with Gasteiger partial charge >= 0.3 is 51.4 Å². The minimum absolute atomic E-state index is 0. The number of hydrogen-bond donors (Lipinski definition) is 1. The third-order valence-electron chi connectivity index (χ3n) is 4.25. The van der Waals surface area contributed by atoms with E-state index in [1.807, 2.05) is 0 Å². The van der Waals surface area contributed by atoms with E-state index in [-0.39, 0.29) is 76.5 Å². The van der Waals surface area contributed by atoms with Crippen molar-refractivity contribution in [3.63, 3.8) is 0 Å². The number of aliphatic hydroxyl groups is 1. The largest absolute Gasteiger partial charge is 1.00 e. The molecule has 1 aliphatic heterocycles. The summed E-state index contributed by atoms with van der Waals surface area (Å²) in [4.78, 5) is 25.1. The topological polar surface area (TPSA) is 98.5 Å². The van der Waals surface area contributed by atoms with Crippen LogP contribution in [0.5, 0.6) is 0 Å². The van der Waals surface area contributed by atoms with E-state index in [2.05, 4.69) is 5.10 Å². The van der Waals surface area contributed by atoms with Crippen LogP contribution in [0, 0.1) is 18.7 Å². The van der Waals surface area contributed by atoms with Gasteiger partial charge in [0.25, 0.3) is 5.91 Å². The van der Waals surface area contributed by atoms with Crippen LogP contribution < -0.4 is 56.5 Å². The van der Waals surface area contributed by atoms with E-state index in [0.717, 1.165) is 0 Å². The summed E-state index contributed by atoms with van der Waals surface area (Å²) in [5.74, 6) is -3.05. The van der Waals surface area contributed by atoms with Gasteiger partial charge in [-0.05, 0) is 31.5 Å². The van der Waals surface area contributed by atoms with Crippen molar-refractivity contribution in [2.45, 2.75) is 19.4 Å². The van der Waals surface area contributed by atoms with Crippen molar-refractivity contribution in [1.82, 2.24) is 14.7 Å². The summed E-state index contributed by atoms with van der Waals surface area (Å²) in [6, 6.07) is 5.79. The van der Waals surface area contributed by atoms with Crippen LogP contribution >= 0.6 is 0 Å². The predicted molar refractivity (Wildman–Crippen MR) is 83.3 cm³/mol. The normalized spacial score (nSPS) is 19.7. The van der Waals surface area contributed by atoms with Gasteiger partial charge in [0.15, 0.2) is 0 Å². The molecule has 1 aliphatic rings. The maximum absolute atomic E-state index is 13.4. The first-order valence-electron chi connectivity index (χ1n) is 7.85.